The highest BCUT2D eigenvalue weighted by molar-refractivity contribution is 5.94. The summed E-state index contributed by atoms with van der Waals surface area (Å²) >= 11 is 0. The van der Waals surface area contributed by atoms with Gasteiger partial charge in [0.15, 0.2) is 0 Å². The van der Waals surface area contributed by atoms with Gasteiger partial charge in [0.25, 0.3) is 5.91 Å². The molecule has 4 nitrogen and oxygen atoms in total. The molecule has 0 radical (unpaired) electrons. The SMILES string of the molecule is CCOC(=O)C1CCN(C(=O)c2cccc(C)c2F)CC1. The van der Waals surface area contributed by atoms with Crippen LogP contribution in [0.15, 0.2) is 18.2 Å². The first-order valence-electron chi connectivity index (χ1n) is 7.25. The predicted octanol–water partition coefficient (Wildman–Crippen LogP) is 2.55. The Kier molecular flexibility index (Phi) is 4.94. The molecule has 1 aromatic carbocycles. The molecule has 1 aromatic rings. The molecule has 1 amide bonds. The number of hydrogen-bond acceptors (Lipinski definition) is 3. The minimum Gasteiger partial charge on any atom is -0.466 e. The van der Waals surface area contributed by atoms with Crippen LogP contribution in [0.5, 0.6) is 0 Å². The molecule has 1 aliphatic rings. The van der Waals surface area contributed by atoms with Crippen LogP contribution in [-0.2, 0) is 9.53 Å². The Labute approximate surface area is 123 Å². The number of carbonyl (C=O) groups is 2. The highest BCUT2D eigenvalue weighted by atomic mass is 19.1. The van der Waals surface area contributed by atoms with Crippen molar-refractivity contribution in [3.8, 4) is 0 Å². The van der Waals surface area contributed by atoms with Crippen molar-refractivity contribution in [2.45, 2.75) is 26.7 Å². The number of halogens is 1. The lowest BCUT2D eigenvalue weighted by Crippen LogP contribution is -2.41. The number of piperidine rings is 1. The third-order valence-electron chi connectivity index (χ3n) is 3.82. The summed E-state index contributed by atoms with van der Waals surface area (Å²) in [5.41, 5.74) is 0.562. The smallest absolute Gasteiger partial charge is 0.309 e. The number of likely N-dealkylation sites (tertiary alicyclic amines) is 1. The molecule has 0 bridgehead atoms. The fourth-order valence-electron chi connectivity index (χ4n) is 2.56. The van der Waals surface area contributed by atoms with E-state index in [1.807, 2.05) is 0 Å². The van der Waals surface area contributed by atoms with Gasteiger partial charge in [-0.15, -0.1) is 0 Å². The van der Waals surface area contributed by atoms with Gasteiger partial charge in [0.1, 0.15) is 5.82 Å². The number of carbonyl (C=O) groups excluding carboxylic acids is 2. The van der Waals surface area contributed by atoms with E-state index in [1.54, 1.807) is 30.9 Å². The summed E-state index contributed by atoms with van der Waals surface area (Å²) in [6.07, 6.45) is 1.13. The van der Waals surface area contributed by atoms with Gasteiger partial charge in [-0.3, -0.25) is 9.59 Å². The van der Waals surface area contributed by atoms with Crippen LogP contribution in [0.1, 0.15) is 35.7 Å². The molecule has 0 saturated carbocycles. The van der Waals surface area contributed by atoms with Crippen molar-refractivity contribution in [1.29, 1.82) is 0 Å². The van der Waals surface area contributed by atoms with E-state index in [9.17, 15) is 14.0 Å². The summed E-state index contributed by atoms with van der Waals surface area (Å²) in [7, 11) is 0. The number of hydrogen-bond donors (Lipinski definition) is 0. The van der Waals surface area contributed by atoms with E-state index in [0.717, 1.165) is 0 Å². The van der Waals surface area contributed by atoms with Crippen LogP contribution in [0, 0.1) is 18.7 Å². The van der Waals surface area contributed by atoms with Crippen LogP contribution >= 0.6 is 0 Å². The topological polar surface area (TPSA) is 46.6 Å². The first-order valence-corrected chi connectivity index (χ1v) is 7.25. The van der Waals surface area contributed by atoms with E-state index in [-0.39, 0.29) is 23.4 Å². The van der Waals surface area contributed by atoms with Gasteiger partial charge < -0.3 is 9.64 Å². The molecule has 1 heterocycles. The monoisotopic (exact) mass is 293 g/mol. The molecule has 114 valence electrons. The van der Waals surface area contributed by atoms with Crippen molar-refractivity contribution in [3.05, 3.63) is 35.1 Å². The lowest BCUT2D eigenvalue weighted by molar-refractivity contribution is -0.149. The third-order valence-corrected chi connectivity index (χ3v) is 3.82. The van der Waals surface area contributed by atoms with Crippen molar-refractivity contribution in [3.63, 3.8) is 0 Å². The van der Waals surface area contributed by atoms with Crippen molar-refractivity contribution >= 4 is 11.9 Å². The van der Waals surface area contributed by atoms with E-state index in [2.05, 4.69) is 0 Å². The second kappa shape index (κ2) is 6.70. The molecule has 0 spiro atoms. The number of benzene rings is 1. The average Bonchev–Trinajstić information content (AvgIpc) is 2.50. The second-order valence-corrected chi connectivity index (χ2v) is 5.25. The van der Waals surface area contributed by atoms with Crippen molar-refractivity contribution in [2.24, 2.45) is 5.92 Å². The maximum absolute atomic E-state index is 14.0. The van der Waals surface area contributed by atoms with Crippen LogP contribution in [0.3, 0.4) is 0 Å². The summed E-state index contributed by atoms with van der Waals surface area (Å²) in [5.74, 6) is -1.13. The second-order valence-electron chi connectivity index (χ2n) is 5.25. The summed E-state index contributed by atoms with van der Waals surface area (Å²) < 4.78 is 19.0. The van der Waals surface area contributed by atoms with E-state index < -0.39 is 5.82 Å². The number of rotatable bonds is 3. The maximum atomic E-state index is 14.0. The molecular weight excluding hydrogens is 273 g/mol. The zero-order valence-corrected chi connectivity index (χ0v) is 12.4. The van der Waals surface area contributed by atoms with E-state index in [0.29, 0.717) is 38.1 Å². The third kappa shape index (κ3) is 3.40. The zero-order valence-electron chi connectivity index (χ0n) is 12.4. The van der Waals surface area contributed by atoms with E-state index >= 15 is 0 Å². The highest BCUT2D eigenvalue weighted by Gasteiger charge is 2.29. The Morgan fingerprint density at radius 1 is 1.33 bits per heavy atom. The minimum absolute atomic E-state index is 0.101. The first-order chi connectivity index (χ1) is 10.0. The summed E-state index contributed by atoms with van der Waals surface area (Å²) in [6.45, 7) is 4.69. The molecule has 1 aliphatic heterocycles. The normalized spacial score (nSPS) is 15.9. The van der Waals surface area contributed by atoms with Crippen LogP contribution in [0.4, 0.5) is 4.39 Å². The fraction of sp³-hybridized carbons (Fsp3) is 0.500. The minimum atomic E-state index is -0.463. The Bertz CT molecular complexity index is 536. The average molecular weight is 293 g/mol. The quantitative estimate of drug-likeness (QED) is 0.805. The Morgan fingerprint density at radius 3 is 2.62 bits per heavy atom. The van der Waals surface area contributed by atoms with Gasteiger partial charge in [0, 0.05) is 13.1 Å². The predicted molar refractivity (Wildman–Crippen MR) is 76.4 cm³/mol. The van der Waals surface area contributed by atoms with Crippen molar-refractivity contribution in [1.82, 2.24) is 4.90 Å². The number of amides is 1. The van der Waals surface area contributed by atoms with E-state index in [1.165, 1.54) is 6.07 Å². The highest BCUT2D eigenvalue weighted by Crippen LogP contribution is 2.22. The Balaban J connectivity index is 2.00. The van der Waals surface area contributed by atoms with Gasteiger partial charge in [-0.2, -0.15) is 0 Å². The van der Waals surface area contributed by atoms with Gasteiger partial charge in [-0.1, -0.05) is 12.1 Å². The molecule has 1 fully saturated rings. The van der Waals surface area contributed by atoms with Crippen LogP contribution in [0.2, 0.25) is 0 Å². The van der Waals surface area contributed by atoms with Gasteiger partial charge in [-0.05, 0) is 38.3 Å². The molecule has 5 heteroatoms. The Hall–Kier alpha value is -1.91. The number of esters is 1. The molecule has 0 unspecified atom stereocenters. The Morgan fingerprint density at radius 2 is 2.00 bits per heavy atom. The molecule has 0 atom stereocenters. The van der Waals surface area contributed by atoms with Crippen LogP contribution in [-0.4, -0.2) is 36.5 Å². The molecule has 21 heavy (non-hydrogen) atoms. The zero-order chi connectivity index (χ0) is 15.4. The van der Waals surface area contributed by atoms with Crippen LogP contribution < -0.4 is 0 Å². The molecule has 0 aliphatic carbocycles. The number of ether oxygens (including phenoxy) is 1. The lowest BCUT2D eigenvalue weighted by Gasteiger charge is -2.31. The van der Waals surface area contributed by atoms with Gasteiger partial charge >= 0.3 is 5.97 Å². The van der Waals surface area contributed by atoms with E-state index in [4.69, 9.17) is 4.74 Å². The summed E-state index contributed by atoms with van der Waals surface area (Å²) in [4.78, 5) is 25.6. The molecule has 1 saturated heterocycles. The van der Waals surface area contributed by atoms with Crippen molar-refractivity contribution < 1.29 is 18.7 Å². The summed E-state index contributed by atoms with van der Waals surface area (Å²) in [6, 6.07) is 4.82. The van der Waals surface area contributed by atoms with Gasteiger partial charge in [0.05, 0.1) is 18.1 Å². The first kappa shape index (κ1) is 15.5. The maximum Gasteiger partial charge on any atom is 0.309 e. The number of aryl methyl sites for hydroxylation is 1. The molecule has 2 rings (SSSR count). The standard InChI is InChI=1S/C16H20FNO3/c1-3-21-16(20)12-7-9-18(10-8-12)15(19)13-6-4-5-11(2)14(13)17/h4-6,12H,3,7-10H2,1-2H3. The van der Waals surface area contributed by atoms with Crippen molar-refractivity contribution in [2.75, 3.05) is 19.7 Å². The molecule has 0 N–H and O–H groups in total. The number of nitrogens with zero attached hydrogens (tertiary/aromatic N) is 1. The van der Waals surface area contributed by atoms with Gasteiger partial charge in [-0.25, -0.2) is 4.39 Å². The van der Waals surface area contributed by atoms with Crippen LogP contribution in [0.25, 0.3) is 0 Å². The fourth-order valence-corrected chi connectivity index (χ4v) is 2.56. The van der Waals surface area contributed by atoms with Gasteiger partial charge in [0.2, 0.25) is 0 Å². The molecular formula is C16H20FNO3. The largest absolute Gasteiger partial charge is 0.466 e. The summed E-state index contributed by atoms with van der Waals surface area (Å²) in [5, 5.41) is 0. The molecule has 0 aromatic heterocycles. The lowest BCUT2D eigenvalue weighted by atomic mass is 9.96.